The first-order valence-corrected chi connectivity index (χ1v) is 11.5. The van der Waals surface area contributed by atoms with Crippen LogP contribution in [0.25, 0.3) is 0 Å². The predicted molar refractivity (Wildman–Crippen MR) is 117 cm³/mol. The van der Waals surface area contributed by atoms with Crippen LogP contribution in [0.4, 0.5) is 5.69 Å². The number of anilines is 1. The van der Waals surface area contributed by atoms with Crippen molar-refractivity contribution in [2.75, 3.05) is 11.1 Å². The average Bonchev–Trinajstić information content (AvgIpc) is 2.70. The molecule has 1 aromatic heterocycles. The molecule has 0 fully saturated rings. The maximum atomic E-state index is 12.9. The number of carbonyl (C=O) groups is 1. The summed E-state index contributed by atoms with van der Waals surface area (Å²) in [5, 5.41) is 2.91. The lowest BCUT2D eigenvalue weighted by Crippen LogP contribution is -2.20. The minimum absolute atomic E-state index is 0.0138. The number of thioether (sulfide) groups is 1. The first-order chi connectivity index (χ1) is 14.2. The second-order valence-electron chi connectivity index (χ2n) is 6.86. The predicted octanol–water partition coefficient (Wildman–Crippen LogP) is 3.26. The molecule has 3 aromatic rings. The van der Waals surface area contributed by atoms with Crippen molar-refractivity contribution in [1.82, 2.24) is 9.97 Å². The van der Waals surface area contributed by atoms with E-state index in [1.165, 1.54) is 6.07 Å². The molecule has 9 heteroatoms. The van der Waals surface area contributed by atoms with Crippen molar-refractivity contribution in [3.63, 3.8) is 0 Å². The van der Waals surface area contributed by atoms with E-state index in [9.17, 15) is 18.0 Å². The van der Waals surface area contributed by atoms with Gasteiger partial charge in [-0.2, -0.15) is 0 Å². The molecule has 0 atom stereocenters. The van der Waals surface area contributed by atoms with Gasteiger partial charge in [0.05, 0.1) is 16.8 Å². The zero-order valence-corrected chi connectivity index (χ0v) is 18.4. The number of nitrogens with zero attached hydrogens (tertiary/aromatic N) is 1. The number of benzene rings is 2. The Hall–Kier alpha value is -2.91. The van der Waals surface area contributed by atoms with E-state index in [0.717, 1.165) is 29.1 Å². The molecular formula is C21H21N3O4S2. The lowest BCUT2D eigenvalue weighted by atomic mass is 10.2. The number of hydrogen-bond acceptors (Lipinski definition) is 6. The molecule has 1 heterocycles. The lowest BCUT2D eigenvalue weighted by Gasteiger charge is -2.09. The summed E-state index contributed by atoms with van der Waals surface area (Å²) >= 11 is 1.01. The Morgan fingerprint density at radius 2 is 1.70 bits per heavy atom. The van der Waals surface area contributed by atoms with Crippen molar-refractivity contribution >= 4 is 33.2 Å². The lowest BCUT2D eigenvalue weighted by molar-refractivity contribution is -0.113. The zero-order chi connectivity index (χ0) is 21.9. The molecule has 0 saturated heterocycles. The molecule has 30 heavy (non-hydrogen) atoms. The fraction of sp³-hybridized carbons (Fsp3) is 0.190. The van der Waals surface area contributed by atoms with Crippen LogP contribution < -0.4 is 10.9 Å². The molecule has 2 aromatic carbocycles. The van der Waals surface area contributed by atoms with Gasteiger partial charge in [0.25, 0.3) is 5.56 Å². The SMILES string of the molecule is Cc1ccc(NC(=O)CSc2ncc(S(=O)(=O)c3cc(C)ccc3C)c(=O)[nH]2)cc1. The van der Waals surface area contributed by atoms with E-state index in [2.05, 4.69) is 15.3 Å². The van der Waals surface area contributed by atoms with Gasteiger partial charge in [-0.1, -0.05) is 41.6 Å². The molecule has 2 N–H and O–H groups in total. The van der Waals surface area contributed by atoms with Gasteiger partial charge in [-0.05, 0) is 50.1 Å². The van der Waals surface area contributed by atoms with E-state index in [1.807, 2.05) is 19.1 Å². The molecule has 0 aliphatic heterocycles. The van der Waals surface area contributed by atoms with E-state index >= 15 is 0 Å². The number of aryl methyl sites for hydroxylation is 3. The molecule has 7 nitrogen and oxygen atoms in total. The topological polar surface area (TPSA) is 109 Å². The Bertz CT molecular complexity index is 1250. The van der Waals surface area contributed by atoms with E-state index in [-0.39, 0.29) is 21.7 Å². The fourth-order valence-electron chi connectivity index (χ4n) is 2.71. The van der Waals surface area contributed by atoms with Crippen molar-refractivity contribution in [2.24, 2.45) is 0 Å². The molecule has 3 rings (SSSR count). The van der Waals surface area contributed by atoms with E-state index < -0.39 is 20.3 Å². The number of carbonyl (C=O) groups excluding carboxylic acids is 1. The number of hydrogen-bond donors (Lipinski definition) is 2. The van der Waals surface area contributed by atoms with Crippen molar-refractivity contribution < 1.29 is 13.2 Å². The zero-order valence-electron chi connectivity index (χ0n) is 16.7. The summed E-state index contributed by atoms with van der Waals surface area (Å²) in [6.45, 7) is 5.40. The summed E-state index contributed by atoms with van der Waals surface area (Å²) in [6.07, 6.45) is 1.04. The Labute approximate surface area is 178 Å². The molecule has 156 valence electrons. The number of rotatable bonds is 6. The van der Waals surface area contributed by atoms with Gasteiger partial charge in [-0.15, -0.1) is 0 Å². The highest BCUT2D eigenvalue weighted by Crippen LogP contribution is 2.23. The Kier molecular flexibility index (Phi) is 6.42. The Morgan fingerprint density at radius 3 is 2.37 bits per heavy atom. The fourth-order valence-corrected chi connectivity index (χ4v) is 4.90. The summed E-state index contributed by atoms with van der Waals surface area (Å²) in [4.78, 5) is 30.6. The first kappa shape index (κ1) is 21.8. The van der Waals surface area contributed by atoms with Crippen LogP contribution in [0.5, 0.6) is 0 Å². The monoisotopic (exact) mass is 443 g/mol. The van der Waals surface area contributed by atoms with Crippen molar-refractivity contribution in [2.45, 2.75) is 35.7 Å². The number of H-pyrrole nitrogens is 1. The maximum Gasteiger partial charge on any atom is 0.270 e. The van der Waals surface area contributed by atoms with Crippen LogP contribution in [0, 0.1) is 20.8 Å². The van der Waals surface area contributed by atoms with Crippen LogP contribution in [-0.2, 0) is 14.6 Å². The van der Waals surface area contributed by atoms with Gasteiger partial charge in [-0.25, -0.2) is 13.4 Å². The highest BCUT2D eigenvalue weighted by atomic mass is 32.2. The summed E-state index contributed by atoms with van der Waals surface area (Å²) in [6, 6.07) is 12.4. The molecular weight excluding hydrogens is 422 g/mol. The third-order valence-corrected chi connectivity index (χ3v) is 7.12. The number of nitrogens with one attached hydrogen (secondary N) is 2. The highest BCUT2D eigenvalue weighted by Gasteiger charge is 2.24. The molecule has 0 saturated carbocycles. The van der Waals surface area contributed by atoms with Gasteiger partial charge in [0.15, 0.2) is 10.1 Å². The van der Waals surface area contributed by atoms with Crippen LogP contribution >= 0.6 is 11.8 Å². The number of aromatic amines is 1. The summed E-state index contributed by atoms with van der Waals surface area (Å²) in [5.74, 6) is -0.251. The molecule has 0 radical (unpaired) electrons. The van der Waals surface area contributed by atoms with Crippen LogP contribution in [0.1, 0.15) is 16.7 Å². The summed E-state index contributed by atoms with van der Waals surface area (Å²) in [7, 11) is -4.01. The average molecular weight is 444 g/mol. The Morgan fingerprint density at radius 1 is 1.03 bits per heavy atom. The Balaban J connectivity index is 1.73. The minimum atomic E-state index is -4.01. The first-order valence-electron chi connectivity index (χ1n) is 9.08. The number of aromatic nitrogens is 2. The van der Waals surface area contributed by atoms with Crippen molar-refractivity contribution in [3.05, 3.63) is 75.7 Å². The largest absolute Gasteiger partial charge is 0.325 e. The van der Waals surface area contributed by atoms with Gasteiger partial charge >= 0.3 is 0 Å². The van der Waals surface area contributed by atoms with Gasteiger partial charge in [0.2, 0.25) is 15.7 Å². The normalized spacial score (nSPS) is 11.3. The summed E-state index contributed by atoms with van der Waals surface area (Å²) in [5.41, 5.74) is 2.30. The molecule has 0 aliphatic rings. The van der Waals surface area contributed by atoms with Crippen molar-refractivity contribution in [3.8, 4) is 0 Å². The molecule has 0 spiro atoms. The van der Waals surface area contributed by atoms with E-state index in [4.69, 9.17) is 0 Å². The van der Waals surface area contributed by atoms with Gasteiger partial charge < -0.3 is 10.3 Å². The van der Waals surface area contributed by atoms with Gasteiger partial charge in [0.1, 0.15) is 0 Å². The standard InChI is InChI=1S/C21H21N3O4S2/c1-13-5-8-16(9-6-13)23-19(25)12-29-21-22-11-18(20(26)24-21)30(27,28)17-10-14(2)4-7-15(17)3/h4-11H,12H2,1-3H3,(H,23,25)(H,22,24,26). The number of sulfone groups is 1. The van der Waals surface area contributed by atoms with Gasteiger partial charge in [0, 0.05) is 5.69 Å². The molecule has 1 amide bonds. The van der Waals surface area contributed by atoms with Crippen LogP contribution in [0.2, 0.25) is 0 Å². The minimum Gasteiger partial charge on any atom is -0.325 e. The highest BCUT2D eigenvalue weighted by molar-refractivity contribution is 7.99. The third-order valence-electron chi connectivity index (χ3n) is 4.34. The quantitative estimate of drug-likeness (QED) is 0.447. The van der Waals surface area contributed by atoms with E-state index in [1.54, 1.807) is 38.1 Å². The van der Waals surface area contributed by atoms with Crippen LogP contribution in [-0.4, -0.2) is 30.0 Å². The molecule has 0 bridgehead atoms. The second kappa shape index (κ2) is 8.85. The van der Waals surface area contributed by atoms with Crippen molar-refractivity contribution in [1.29, 1.82) is 0 Å². The summed E-state index contributed by atoms with van der Waals surface area (Å²) < 4.78 is 25.8. The number of amides is 1. The molecule has 0 unspecified atom stereocenters. The maximum absolute atomic E-state index is 12.9. The van der Waals surface area contributed by atoms with Crippen LogP contribution in [0.15, 0.2) is 68.4 Å². The smallest absolute Gasteiger partial charge is 0.270 e. The second-order valence-corrected chi connectivity index (χ2v) is 9.71. The van der Waals surface area contributed by atoms with Crippen LogP contribution in [0.3, 0.4) is 0 Å². The van der Waals surface area contributed by atoms with Gasteiger partial charge in [-0.3, -0.25) is 9.59 Å². The van der Waals surface area contributed by atoms with E-state index in [0.29, 0.717) is 11.3 Å². The third kappa shape index (κ3) is 4.98. The molecule has 0 aliphatic carbocycles.